The van der Waals surface area contributed by atoms with Crippen molar-refractivity contribution in [1.82, 2.24) is 10.1 Å². The second-order valence-corrected chi connectivity index (χ2v) is 7.11. The smallest absolute Gasteiger partial charge is 0.259 e. The topological polar surface area (TPSA) is 90.4 Å². The third-order valence-corrected chi connectivity index (χ3v) is 5.33. The fourth-order valence-corrected chi connectivity index (χ4v) is 3.90. The lowest BCUT2D eigenvalue weighted by atomic mass is 9.86. The van der Waals surface area contributed by atoms with E-state index in [0.717, 1.165) is 12.1 Å². The highest BCUT2D eigenvalue weighted by molar-refractivity contribution is 5.97. The van der Waals surface area contributed by atoms with Crippen LogP contribution < -0.4 is 4.90 Å². The van der Waals surface area contributed by atoms with Crippen molar-refractivity contribution in [3.05, 3.63) is 47.3 Å². The number of anilines is 1. The van der Waals surface area contributed by atoms with E-state index < -0.39 is 0 Å². The SMILES string of the molecule is Cc1nocc1C(=O)N1CC[C@@]2(CC(=O)N(c3ccc(C#N)cc3)C2)C1. The fraction of sp³-hybridized carbons (Fsp3) is 0.368. The number of nitriles is 1. The molecule has 1 atom stereocenters. The number of amides is 2. The average molecular weight is 350 g/mol. The van der Waals surface area contributed by atoms with Gasteiger partial charge >= 0.3 is 0 Å². The fourth-order valence-electron chi connectivity index (χ4n) is 3.90. The Morgan fingerprint density at radius 2 is 2.08 bits per heavy atom. The Morgan fingerprint density at radius 1 is 1.31 bits per heavy atom. The Hall–Kier alpha value is -3.14. The van der Waals surface area contributed by atoms with Crippen LogP contribution in [0.15, 0.2) is 35.1 Å². The lowest BCUT2D eigenvalue weighted by molar-refractivity contribution is -0.117. The largest absolute Gasteiger partial charge is 0.364 e. The van der Waals surface area contributed by atoms with Crippen molar-refractivity contribution in [3.63, 3.8) is 0 Å². The molecule has 0 bridgehead atoms. The van der Waals surface area contributed by atoms with Gasteiger partial charge in [0.05, 0.1) is 17.3 Å². The molecule has 0 unspecified atom stereocenters. The Morgan fingerprint density at radius 3 is 2.73 bits per heavy atom. The highest BCUT2D eigenvalue weighted by atomic mass is 16.5. The van der Waals surface area contributed by atoms with Crippen molar-refractivity contribution in [2.24, 2.45) is 5.41 Å². The van der Waals surface area contributed by atoms with E-state index in [1.54, 1.807) is 41.0 Å². The van der Waals surface area contributed by atoms with Gasteiger partial charge < -0.3 is 14.3 Å². The molecule has 0 aliphatic carbocycles. The van der Waals surface area contributed by atoms with Gasteiger partial charge in [-0.05, 0) is 37.6 Å². The van der Waals surface area contributed by atoms with E-state index >= 15 is 0 Å². The van der Waals surface area contributed by atoms with Crippen LogP contribution in [-0.4, -0.2) is 41.5 Å². The number of carbonyl (C=O) groups is 2. The maximum absolute atomic E-state index is 12.7. The van der Waals surface area contributed by atoms with E-state index in [4.69, 9.17) is 9.78 Å². The molecule has 1 spiro atoms. The van der Waals surface area contributed by atoms with Crippen LogP contribution in [0.3, 0.4) is 0 Å². The van der Waals surface area contributed by atoms with E-state index in [9.17, 15) is 9.59 Å². The van der Waals surface area contributed by atoms with Gasteiger partial charge in [-0.2, -0.15) is 5.26 Å². The van der Waals surface area contributed by atoms with Gasteiger partial charge in [0.15, 0.2) is 0 Å². The van der Waals surface area contributed by atoms with Crippen molar-refractivity contribution >= 4 is 17.5 Å². The Balaban J connectivity index is 1.50. The first-order chi connectivity index (χ1) is 12.5. The number of carbonyl (C=O) groups excluding carboxylic acids is 2. The zero-order valence-electron chi connectivity index (χ0n) is 14.4. The van der Waals surface area contributed by atoms with Gasteiger partial charge in [0.1, 0.15) is 11.8 Å². The van der Waals surface area contributed by atoms with Crippen LogP contribution in [0, 0.1) is 23.7 Å². The molecule has 26 heavy (non-hydrogen) atoms. The molecular formula is C19H18N4O3. The standard InChI is InChI=1S/C19H18N4O3/c1-13-16(10-26-21-13)18(25)22-7-6-19(11-22)8-17(24)23(12-19)15-4-2-14(9-20)3-5-15/h2-5,10H,6-8,11-12H2,1H3/t19-/m1/s1. The highest BCUT2D eigenvalue weighted by Crippen LogP contribution is 2.42. The number of likely N-dealkylation sites (tertiary alicyclic amines) is 1. The van der Waals surface area contributed by atoms with Gasteiger partial charge in [-0.3, -0.25) is 9.59 Å². The minimum absolute atomic E-state index is 0.0603. The van der Waals surface area contributed by atoms with Crippen molar-refractivity contribution in [3.8, 4) is 6.07 Å². The molecule has 0 saturated carbocycles. The molecule has 2 amide bonds. The summed E-state index contributed by atoms with van der Waals surface area (Å²) in [6.45, 7) is 3.51. The first kappa shape index (κ1) is 16.3. The predicted octanol–water partition coefficient (Wildman–Crippen LogP) is 2.12. The molecule has 0 N–H and O–H groups in total. The lowest BCUT2D eigenvalue weighted by Crippen LogP contribution is -2.34. The summed E-state index contributed by atoms with van der Waals surface area (Å²) in [5.74, 6) is -0.0323. The van der Waals surface area contributed by atoms with Gasteiger partial charge in [0.2, 0.25) is 5.91 Å². The monoisotopic (exact) mass is 350 g/mol. The van der Waals surface area contributed by atoms with E-state index in [1.165, 1.54) is 6.26 Å². The first-order valence-electron chi connectivity index (χ1n) is 8.52. The number of benzene rings is 1. The van der Waals surface area contributed by atoms with Crippen LogP contribution in [0.25, 0.3) is 0 Å². The van der Waals surface area contributed by atoms with Crippen LogP contribution >= 0.6 is 0 Å². The van der Waals surface area contributed by atoms with E-state index in [2.05, 4.69) is 11.2 Å². The normalized spacial score (nSPS) is 22.2. The zero-order valence-corrected chi connectivity index (χ0v) is 14.4. The maximum Gasteiger partial charge on any atom is 0.259 e. The lowest BCUT2D eigenvalue weighted by Gasteiger charge is -2.24. The van der Waals surface area contributed by atoms with Crippen molar-refractivity contribution in [2.75, 3.05) is 24.5 Å². The summed E-state index contributed by atoms with van der Waals surface area (Å²) in [5.41, 5.74) is 2.21. The second-order valence-electron chi connectivity index (χ2n) is 7.11. The summed E-state index contributed by atoms with van der Waals surface area (Å²) in [6.07, 6.45) is 2.60. The number of aromatic nitrogens is 1. The van der Waals surface area contributed by atoms with Crippen LogP contribution in [-0.2, 0) is 4.79 Å². The van der Waals surface area contributed by atoms with E-state index in [-0.39, 0.29) is 17.2 Å². The maximum atomic E-state index is 12.7. The summed E-state index contributed by atoms with van der Waals surface area (Å²) in [5, 5.41) is 12.7. The molecule has 7 nitrogen and oxygen atoms in total. The summed E-state index contributed by atoms with van der Waals surface area (Å²) in [4.78, 5) is 28.8. The minimum Gasteiger partial charge on any atom is -0.364 e. The zero-order chi connectivity index (χ0) is 18.3. The molecule has 4 rings (SSSR count). The summed E-state index contributed by atoms with van der Waals surface area (Å²) >= 11 is 0. The number of hydrogen-bond donors (Lipinski definition) is 0. The molecule has 1 aromatic carbocycles. The molecule has 2 aliphatic heterocycles. The van der Waals surface area contributed by atoms with Crippen molar-refractivity contribution in [1.29, 1.82) is 5.26 Å². The van der Waals surface area contributed by atoms with Crippen LogP contribution in [0.4, 0.5) is 5.69 Å². The minimum atomic E-state index is -0.217. The Bertz CT molecular complexity index is 912. The van der Waals surface area contributed by atoms with Crippen molar-refractivity contribution < 1.29 is 14.1 Å². The number of rotatable bonds is 2. The van der Waals surface area contributed by atoms with Gasteiger partial charge in [0.25, 0.3) is 5.91 Å². The molecule has 3 heterocycles. The summed E-state index contributed by atoms with van der Waals surface area (Å²) in [6, 6.07) is 9.11. The quantitative estimate of drug-likeness (QED) is 0.827. The highest BCUT2D eigenvalue weighted by Gasteiger charge is 2.49. The molecule has 2 fully saturated rings. The van der Waals surface area contributed by atoms with Gasteiger partial charge in [-0.25, -0.2) is 0 Å². The molecule has 7 heteroatoms. The first-order valence-corrected chi connectivity index (χ1v) is 8.52. The molecule has 0 radical (unpaired) electrons. The average Bonchev–Trinajstić information content (AvgIpc) is 3.34. The van der Waals surface area contributed by atoms with E-state index in [0.29, 0.717) is 42.9 Å². The van der Waals surface area contributed by atoms with Crippen LogP contribution in [0.5, 0.6) is 0 Å². The second kappa shape index (κ2) is 5.99. The van der Waals surface area contributed by atoms with E-state index in [1.807, 2.05) is 0 Å². The molecule has 2 saturated heterocycles. The summed E-state index contributed by atoms with van der Waals surface area (Å²) in [7, 11) is 0. The number of aryl methyl sites for hydroxylation is 1. The molecule has 1 aromatic heterocycles. The Labute approximate surface area is 150 Å². The number of hydrogen-bond acceptors (Lipinski definition) is 5. The number of nitrogens with zero attached hydrogens (tertiary/aromatic N) is 4. The van der Waals surface area contributed by atoms with Gasteiger partial charge in [0, 0.05) is 37.2 Å². The Kier molecular flexibility index (Phi) is 3.76. The third-order valence-electron chi connectivity index (χ3n) is 5.33. The predicted molar refractivity (Wildman–Crippen MR) is 92.3 cm³/mol. The van der Waals surface area contributed by atoms with Gasteiger partial charge in [-0.1, -0.05) is 5.16 Å². The van der Waals surface area contributed by atoms with Crippen LogP contribution in [0.1, 0.15) is 34.5 Å². The third kappa shape index (κ3) is 2.64. The van der Waals surface area contributed by atoms with Crippen molar-refractivity contribution in [2.45, 2.75) is 19.8 Å². The molecule has 132 valence electrons. The summed E-state index contributed by atoms with van der Waals surface area (Å²) < 4.78 is 4.87. The van der Waals surface area contributed by atoms with Gasteiger partial charge in [-0.15, -0.1) is 0 Å². The molecular weight excluding hydrogens is 332 g/mol. The van der Waals surface area contributed by atoms with Crippen LogP contribution in [0.2, 0.25) is 0 Å². The molecule has 2 aliphatic rings. The molecule has 2 aromatic rings.